The maximum absolute atomic E-state index is 4.99. The van der Waals surface area contributed by atoms with E-state index in [1.54, 1.807) is 0 Å². The number of rotatable bonds is 26. The Hall–Kier alpha value is -2.61. The first-order valence-electron chi connectivity index (χ1n) is 20.0. The molecule has 2 aromatic rings. The smallest absolute Gasteiger partial charge is 0.0646 e. The number of nitrogens with zero attached hydrogens (tertiary/aromatic N) is 2. The van der Waals surface area contributed by atoms with Gasteiger partial charge in [-0.05, 0) is 62.1 Å². The molecule has 272 valence electrons. The predicted octanol–water partition coefficient (Wildman–Crippen LogP) is 14.7. The van der Waals surface area contributed by atoms with Crippen LogP contribution in [0.5, 0.6) is 0 Å². The first kappa shape index (κ1) is 44.4. The van der Waals surface area contributed by atoms with Gasteiger partial charge >= 0.3 is 0 Å². The molecule has 0 aliphatic rings. The van der Waals surface area contributed by atoms with Crippen LogP contribution < -0.4 is 0 Å². The van der Waals surface area contributed by atoms with Gasteiger partial charge in [0.05, 0.1) is 17.1 Å². The SMILES string of the molecule is CCCCCCCCCCCCC#Cc1cccc(N=CC(CCCC)=Nc2cccc(C#CCCCCCCCCCCCC)c2)c1.[Ni]. The van der Waals surface area contributed by atoms with E-state index < -0.39 is 0 Å². The number of benzene rings is 2. The van der Waals surface area contributed by atoms with Gasteiger partial charge in [-0.15, -0.1) is 0 Å². The van der Waals surface area contributed by atoms with Gasteiger partial charge in [0, 0.05) is 46.7 Å². The molecule has 0 aliphatic carbocycles. The zero-order valence-electron chi connectivity index (χ0n) is 31.6. The Morgan fingerprint density at radius 1 is 0.510 bits per heavy atom. The van der Waals surface area contributed by atoms with Crippen molar-refractivity contribution in [3.05, 3.63) is 59.7 Å². The Labute approximate surface area is 313 Å². The standard InChI is InChI=1S/C46H68N2.Ni/c1-4-7-10-12-14-16-18-20-22-24-26-28-32-42-34-30-37-44(39-42)47-41-46(36-9-6-3)48-45-38-31-35-43(40-45)33-29-27-25-23-21-19-17-15-13-11-8-5-2;/h30-31,34-35,37-41H,4-27,36H2,1-3H3;. The Bertz CT molecular complexity index is 1270. The minimum Gasteiger partial charge on any atom is -0.255 e. The van der Waals surface area contributed by atoms with Crippen molar-refractivity contribution in [1.82, 2.24) is 0 Å². The van der Waals surface area contributed by atoms with Gasteiger partial charge in [0.25, 0.3) is 0 Å². The van der Waals surface area contributed by atoms with Crippen LogP contribution in [0.15, 0.2) is 58.5 Å². The summed E-state index contributed by atoms with van der Waals surface area (Å²) < 4.78 is 0. The molecule has 0 N–H and O–H groups in total. The topological polar surface area (TPSA) is 24.7 Å². The molecule has 2 aromatic carbocycles. The molecule has 0 saturated heterocycles. The van der Waals surface area contributed by atoms with Crippen LogP contribution in [0.3, 0.4) is 0 Å². The minimum atomic E-state index is 0. The van der Waals surface area contributed by atoms with E-state index in [2.05, 4.69) is 86.9 Å². The van der Waals surface area contributed by atoms with Crippen molar-refractivity contribution in [2.24, 2.45) is 9.98 Å². The van der Waals surface area contributed by atoms with Crippen LogP contribution in [-0.4, -0.2) is 11.9 Å². The molecule has 0 bridgehead atoms. The van der Waals surface area contributed by atoms with Crippen LogP contribution in [0.1, 0.15) is 192 Å². The number of hydrogen-bond donors (Lipinski definition) is 0. The first-order valence-corrected chi connectivity index (χ1v) is 20.0. The maximum Gasteiger partial charge on any atom is 0.0646 e. The molecule has 0 spiro atoms. The van der Waals surface area contributed by atoms with Crippen LogP contribution in [0.25, 0.3) is 0 Å². The van der Waals surface area contributed by atoms with Gasteiger partial charge in [0.1, 0.15) is 0 Å². The Morgan fingerprint density at radius 3 is 1.39 bits per heavy atom. The van der Waals surface area contributed by atoms with Gasteiger partial charge in [0.15, 0.2) is 0 Å². The molecule has 2 nitrogen and oxygen atoms in total. The van der Waals surface area contributed by atoms with Gasteiger partial charge in [-0.3, -0.25) is 9.98 Å². The van der Waals surface area contributed by atoms with E-state index in [0.29, 0.717) is 0 Å². The van der Waals surface area contributed by atoms with Crippen molar-refractivity contribution >= 4 is 23.3 Å². The van der Waals surface area contributed by atoms with Crippen molar-refractivity contribution in [2.45, 2.75) is 181 Å². The summed E-state index contributed by atoms with van der Waals surface area (Å²) in [6.07, 6.45) is 34.2. The predicted molar refractivity (Wildman–Crippen MR) is 214 cm³/mol. The molecule has 0 unspecified atom stereocenters. The van der Waals surface area contributed by atoms with Crippen LogP contribution in [0.4, 0.5) is 11.4 Å². The van der Waals surface area contributed by atoms with E-state index in [0.717, 1.165) is 60.3 Å². The summed E-state index contributed by atoms with van der Waals surface area (Å²) in [6.45, 7) is 6.79. The molecule has 0 heterocycles. The van der Waals surface area contributed by atoms with Gasteiger partial charge in [-0.2, -0.15) is 0 Å². The molecular formula is C46H68N2Ni. The molecule has 0 fully saturated rings. The van der Waals surface area contributed by atoms with E-state index in [1.165, 1.54) is 128 Å². The molecule has 0 atom stereocenters. The largest absolute Gasteiger partial charge is 0.255 e. The van der Waals surface area contributed by atoms with Crippen LogP contribution in [-0.2, 0) is 16.5 Å². The third kappa shape index (κ3) is 25.1. The van der Waals surface area contributed by atoms with Crippen molar-refractivity contribution in [2.75, 3.05) is 0 Å². The average Bonchev–Trinajstić information content (AvgIpc) is 3.10. The number of aliphatic imine (C=N–C) groups is 2. The third-order valence-corrected chi connectivity index (χ3v) is 8.89. The Morgan fingerprint density at radius 2 is 0.918 bits per heavy atom. The summed E-state index contributed by atoms with van der Waals surface area (Å²) in [5.41, 5.74) is 4.96. The molecule has 0 aliphatic heterocycles. The maximum atomic E-state index is 4.99. The molecular weight excluding hydrogens is 639 g/mol. The Balaban J connectivity index is 0.0000120. The van der Waals surface area contributed by atoms with Gasteiger partial charge in [0.2, 0.25) is 0 Å². The molecule has 0 saturated carbocycles. The minimum absolute atomic E-state index is 0. The fourth-order valence-corrected chi connectivity index (χ4v) is 5.87. The van der Waals surface area contributed by atoms with Crippen LogP contribution >= 0.6 is 0 Å². The average molecular weight is 708 g/mol. The van der Waals surface area contributed by atoms with Gasteiger partial charge in [-0.25, -0.2) is 0 Å². The molecule has 2 rings (SSSR count). The quantitative estimate of drug-likeness (QED) is 0.0402. The van der Waals surface area contributed by atoms with E-state index in [-0.39, 0.29) is 16.5 Å². The zero-order chi connectivity index (χ0) is 34.2. The fraction of sp³-hybridized carbons (Fsp3) is 0.609. The van der Waals surface area contributed by atoms with Crippen molar-refractivity contribution in [3.63, 3.8) is 0 Å². The van der Waals surface area contributed by atoms with E-state index in [1.807, 2.05) is 12.3 Å². The summed E-state index contributed by atoms with van der Waals surface area (Å²) in [5, 5.41) is 0. The van der Waals surface area contributed by atoms with Crippen molar-refractivity contribution in [3.8, 4) is 23.7 Å². The second-order valence-electron chi connectivity index (χ2n) is 13.5. The first-order chi connectivity index (χ1) is 23.7. The summed E-state index contributed by atoms with van der Waals surface area (Å²) in [7, 11) is 0. The second kappa shape index (κ2) is 32.6. The van der Waals surface area contributed by atoms with E-state index in [4.69, 9.17) is 9.98 Å². The molecule has 3 heteroatoms. The molecule has 49 heavy (non-hydrogen) atoms. The molecule has 0 amide bonds. The van der Waals surface area contributed by atoms with E-state index in [9.17, 15) is 0 Å². The van der Waals surface area contributed by atoms with Crippen LogP contribution in [0, 0.1) is 23.7 Å². The van der Waals surface area contributed by atoms with Crippen LogP contribution in [0.2, 0.25) is 0 Å². The third-order valence-electron chi connectivity index (χ3n) is 8.89. The number of hydrogen-bond acceptors (Lipinski definition) is 2. The van der Waals surface area contributed by atoms with Crippen molar-refractivity contribution in [1.29, 1.82) is 0 Å². The fourth-order valence-electron chi connectivity index (χ4n) is 5.87. The van der Waals surface area contributed by atoms with E-state index >= 15 is 0 Å². The summed E-state index contributed by atoms with van der Waals surface area (Å²) in [5.74, 6) is 13.5. The monoisotopic (exact) mass is 706 g/mol. The second-order valence-corrected chi connectivity index (χ2v) is 13.5. The Kier molecular flexibility index (Phi) is 29.5. The van der Waals surface area contributed by atoms with Gasteiger partial charge in [-0.1, -0.05) is 179 Å². The zero-order valence-corrected chi connectivity index (χ0v) is 32.6. The number of unbranched alkanes of at least 4 members (excludes halogenated alkanes) is 21. The molecule has 0 aromatic heterocycles. The summed E-state index contributed by atoms with van der Waals surface area (Å²) >= 11 is 0. The van der Waals surface area contributed by atoms with Gasteiger partial charge < -0.3 is 0 Å². The van der Waals surface area contributed by atoms with Crippen molar-refractivity contribution < 1.29 is 16.5 Å². The molecule has 0 radical (unpaired) electrons. The normalized spacial score (nSPS) is 11.1. The summed E-state index contributed by atoms with van der Waals surface area (Å²) in [4.78, 5) is 9.80. The summed E-state index contributed by atoms with van der Waals surface area (Å²) in [6, 6.07) is 16.6.